The number of carbonyl (C=O) groups is 2. The van der Waals surface area contributed by atoms with Crippen LogP contribution in [0, 0.1) is 11.7 Å². The highest BCUT2D eigenvalue weighted by Crippen LogP contribution is 2.21. The Hall–Kier alpha value is -1.43. The number of methoxy groups -OCH3 is 1. The van der Waals surface area contributed by atoms with E-state index in [0.717, 1.165) is 0 Å². The van der Waals surface area contributed by atoms with Crippen molar-refractivity contribution in [2.24, 2.45) is 5.92 Å². The standard InChI is InChI=1S/C13H15BrFNO3/c1-8(13(18)19-3)7-16(2)12(17)11-9(14)5-4-6-10(11)15/h4-6,8H,7H2,1-3H3. The van der Waals surface area contributed by atoms with Crippen LogP contribution < -0.4 is 0 Å². The second-order valence-corrected chi connectivity index (χ2v) is 5.06. The number of nitrogens with zero attached hydrogens (tertiary/aromatic N) is 1. The molecule has 19 heavy (non-hydrogen) atoms. The maximum atomic E-state index is 13.7. The summed E-state index contributed by atoms with van der Waals surface area (Å²) in [5.41, 5.74) is -0.0398. The van der Waals surface area contributed by atoms with E-state index in [1.54, 1.807) is 13.0 Å². The first-order valence-electron chi connectivity index (χ1n) is 5.65. The van der Waals surface area contributed by atoms with Crippen molar-refractivity contribution in [2.75, 3.05) is 20.7 Å². The molecule has 1 aromatic rings. The molecule has 1 aromatic carbocycles. The summed E-state index contributed by atoms with van der Waals surface area (Å²) in [5, 5.41) is 0. The van der Waals surface area contributed by atoms with E-state index in [4.69, 9.17) is 0 Å². The van der Waals surface area contributed by atoms with Gasteiger partial charge in [-0.2, -0.15) is 0 Å². The highest BCUT2D eigenvalue weighted by atomic mass is 79.9. The van der Waals surface area contributed by atoms with Crippen molar-refractivity contribution in [3.63, 3.8) is 0 Å². The van der Waals surface area contributed by atoms with Crippen molar-refractivity contribution < 1.29 is 18.7 Å². The average Bonchev–Trinajstić information content (AvgIpc) is 2.37. The predicted molar refractivity (Wildman–Crippen MR) is 72.2 cm³/mol. The molecule has 0 aliphatic rings. The maximum Gasteiger partial charge on any atom is 0.310 e. The minimum Gasteiger partial charge on any atom is -0.469 e. The third kappa shape index (κ3) is 3.76. The predicted octanol–water partition coefficient (Wildman–Crippen LogP) is 2.47. The van der Waals surface area contributed by atoms with Gasteiger partial charge in [-0.25, -0.2) is 4.39 Å². The number of hydrogen-bond acceptors (Lipinski definition) is 3. The summed E-state index contributed by atoms with van der Waals surface area (Å²) in [6.07, 6.45) is 0. The lowest BCUT2D eigenvalue weighted by molar-refractivity contribution is -0.145. The van der Waals surface area contributed by atoms with Crippen LogP contribution in [-0.2, 0) is 9.53 Å². The highest BCUT2D eigenvalue weighted by Gasteiger charge is 2.23. The molecule has 0 fully saturated rings. The van der Waals surface area contributed by atoms with E-state index in [-0.39, 0.29) is 12.1 Å². The second-order valence-electron chi connectivity index (χ2n) is 4.21. The van der Waals surface area contributed by atoms with Crippen LogP contribution in [0.3, 0.4) is 0 Å². The highest BCUT2D eigenvalue weighted by molar-refractivity contribution is 9.10. The zero-order valence-electron chi connectivity index (χ0n) is 10.9. The van der Waals surface area contributed by atoms with Crippen LogP contribution in [0.25, 0.3) is 0 Å². The molecule has 0 radical (unpaired) electrons. The molecule has 1 rings (SSSR count). The molecule has 0 spiro atoms. The molecular formula is C13H15BrFNO3. The first-order chi connectivity index (χ1) is 8.88. The fourth-order valence-corrected chi connectivity index (χ4v) is 2.17. The first-order valence-corrected chi connectivity index (χ1v) is 6.45. The van der Waals surface area contributed by atoms with Crippen LogP contribution in [0.5, 0.6) is 0 Å². The van der Waals surface area contributed by atoms with E-state index >= 15 is 0 Å². The van der Waals surface area contributed by atoms with Crippen molar-refractivity contribution >= 4 is 27.8 Å². The SMILES string of the molecule is COC(=O)C(C)CN(C)C(=O)c1c(F)cccc1Br. The van der Waals surface area contributed by atoms with Crippen molar-refractivity contribution in [3.8, 4) is 0 Å². The van der Waals surface area contributed by atoms with E-state index in [9.17, 15) is 14.0 Å². The Balaban J connectivity index is 2.86. The van der Waals surface area contributed by atoms with Gasteiger partial charge in [0.1, 0.15) is 5.82 Å². The Morgan fingerprint density at radius 1 is 1.47 bits per heavy atom. The third-order valence-corrected chi connectivity index (χ3v) is 3.34. The van der Waals surface area contributed by atoms with Gasteiger partial charge in [0.25, 0.3) is 5.91 Å². The van der Waals surface area contributed by atoms with Crippen molar-refractivity contribution in [1.82, 2.24) is 4.90 Å². The average molecular weight is 332 g/mol. The maximum absolute atomic E-state index is 13.7. The molecule has 0 aliphatic carbocycles. The van der Waals surface area contributed by atoms with E-state index in [1.807, 2.05) is 0 Å². The minimum atomic E-state index is -0.600. The Labute approximate surface area is 119 Å². The van der Waals surface area contributed by atoms with Crippen LogP contribution >= 0.6 is 15.9 Å². The number of ether oxygens (including phenoxy) is 1. The molecule has 104 valence electrons. The van der Waals surface area contributed by atoms with Gasteiger partial charge in [-0.05, 0) is 28.1 Å². The monoisotopic (exact) mass is 331 g/mol. The fourth-order valence-electron chi connectivity index (χ4n) is 1.66. The number of amides is 1. The summed E-state index contributed by atoms with van der Waals surface area (Å²) < 4.78 is 18.6. The molecule has 1 amide bonds. The zero-order chi connectivity index (χ0) is 14.6. The summed E-state index contributed by atoms with van der Waals surface area (Å²) in [6.45, 7) is 1.80. The molecule has 0 heterocycles. The lowest BCUT2D eigenvalue weighted by atomic mass is 10.1. The van der Waals surface area contributed by atoms with Crippen LogP contribution in [0.15, 0.2) is 22.7 Å². The van der Waals surface area contributed by atoms with Crippen LogP contribution in [-0.4, -0.2) is 37.5 Å². The van der Waals surface area contributed by atoms with Crippen molar-refractivity contribution in [3.05, 3.63) is 34.1 Å². The summed E-state index contributed by atoms with van der Waals surface area (Å²) >= 11 is 3.15. The van der Waals surface area contributed by atoms with E-state index in [1.165, 1.54) is 31.2 Å². The third-order valence-electron chi connectivity index (χ3n) is 2.67. The fraction of sp³-hybridized carbons (Fsp3) is 0.385. The Morgan fingerprint density at radius 3 is 2.63 bits per heavy atom. The zero-order valence-corrected chi connectivity index (χ0v) is 12.5. The van der Waals surface area contributed by atoms with Gasteiger partial charge in [0.2, 0.25) is 0 Å². The molecular weight excluding hydrogens is 317 g/mol. The molecule has 1 unspecified atom stereocenters. The minimum absolute atomic E-state index is 0.0398. The summed E-state index contributed by atoms with van der Waals surface area (Å²) in [7, 11) is 2.80. The Kier molecular flexibility index (Phi) is 5.47. The Morgan fingerprint density at radius 2 is 2.11 bits per heavy atom. The number of rotatable bonds is 4. The molecule has 4 nitrogen and oxygen atoms in total. The van der Waals surface area contributed by atoms with Crippen LogP contribution in [0.4, 0.5) is 4.39 Å². The smallest absolute Gasteiger partial charge is 0.310 e. The van der Waals surface area contributed by atoms with E-state index < -0.39 is 23.6 Å². The van der Waals surface area contributed by atoms with E-state index in [2.05, 4.69) is 20.7 Å². The van der Waals surface area contributed by atoms with Gasteiger partial charge >= 0.3 is 5.97 Å². The van der Waals surface area contributed by atoms with Gasteiger partial charge in [-0.3, -0.25) is 9.59 Å². The van der Waals surface area contributed by atoms with Gasteiger partial charge in [0.15, 0.2) is 0 Å². The van der Waals surface area contributed by atoms with Crippen LogP contribution in [0.1, 0.15) is 17.3 Å². The number of benzene rings is 1. The summed E-state index contributed by atoms with van der Waals surface area (Å²) in [4.78, 5) is 24.7. The molecule has 1 atom stereocenters. The topological polar surface area (TPSA) is 46.6 Å². The largest absolute Gasteiger partial charge is 0.469 e. The quantitative estimate of drug-likeness (QED) is 0.796. The number of carbonyl (C=O) groups excluding carboxylic acids is 2. The lowest BCUT2D eigenvalue weighted by Gasteiger charge is -2.21. The van der Waals surface area contributed by atoms with Gasteiger partial charge in [0.05, 0.1) is 18.6 Å². The first kappa shape index (κ1) is 15.6. The van der Waals surface area contributed by atoms with E-state index in [0.29, 0.717) is 4.47 Å². The number of esters is 1. The molecule has 0 saturated carbocycles. The second kappa shape index (κ2) is 6.65. The van der Waals surface area contributed by atoms with Gasteiger partial charge < -0.3 is 9.64 Å². The molecule has 6 heteroatoms. The normalized spacial score (nSPS) is 11.8. The summed E-state index contributed by atoms with van der Waals surface area (Å²) in [6, 6.07) is 4.32. The van der Waals surface area contributed by atoms with Crippen molar-refractivity contribution in [1.29, 1.82) is 0 Å². The van der Waals surface area contributed by atoms with Gasteiger partial charge in [-0.15, -0.1) is 0 Å². The number of halogens is 2. The molecule has 0 aliphatic heterocycles. The van der Waals surface area contributed by atoms with Crippen molar-refractivity contribution in [2.45, 2.75) is 6.92 Å². The molecule has 0 N–H and O–H groups in total. The van der Waals surface area contributed by atoms with Gasteiger partial charge in [-0.1, -0.05) is 13.0 Å². The molecule has 0 bridgehead atoms. The molecule has 0 saturated heterocycles. The van der Waals surface area contributed by atoms with Gasteiger partial charge in [0, 0.05) is 18.1 Å². The number of hydrogen-bond donors (Lipinski definition) is 0. The Bertz CT molecular complexity index is 473. The lowest BCUT2D eigenvalue weighted by Crippen LogP contribution is -2.34. The molecule has 0 aromatic heterocycles. The van der Waals surface area contributed by atoms with Crippen LogP contribution in [0.2, 0.25) is 0 Å². The summed E-state index contributed by atoms with van der Waals surface area (Å²) in [5.74, 6) is -1.96.